The van der Waals surface area contributed by atoms with E-state index in [1.165, 1.54) is 16.1 Å². The maximum atomic E-state index is 5.99. The second-order valence-corrected chi connectivity index (χ2v) is 6.02. The van der Waals surface area contributed by atoms with E-state index < -0.39 is 0 Å². The van der Waals surface area contributed by atoms with Gasteiger partial charge < -0.3 is 10.6 Å². The van der Waals surface area contributed by atoms with E-state index in [1.807, 2.05) is 18.2 Å². The van der Waals surface area contributed by atoms with Gasteiger partial charge in [0.25, 0.3) is 0 Å². The highest BCUT2D eigenvalue weighted by Gasteiger charge is 2.20. The first kappa shape index (κ1) is 10.9. The summed E-state index contributed by atoms with van der Waals surface area (Å²) in [5.41, 5.74) is 9.46. The van der Waals surface area contributed by atoms with Crippen LogP contribution in [0, 0.1) is 0 Å². The predicted octanol–water partition coefficient (Wildman–Crippen LogP) is 3.55. The molecule has 0 saturated carbocycles. The Bertz CT molecular complexity index is 550. The number of fused-ring (bicyclic) bond motifs is 1. The van der Waals surface area contributed by atoms with Crippen molar-refractivity contribution in [2.24, 2.45) is 0 Å². The molecule has 2 nitrogen and oxygen atoms in total. The molecule has 1 aromatic carbocycles. The zero-order valence-corrected chi connectivity index (χ0v) is 10.9. The number of thiophene rings is 1. The van der Waals surface area contributed by atoms with Crippen molar-refractivity contribution in [3.8, 4) is 0 Å². The Morgan fingerprint density at radius 3 is 2.94 bits per heavy atom. The fraction of sp³-hybridized carbons (Fsp3) is 0.231. The summed E-state index contributed by atoms with van der Waals surface area (Å²) in [5.74, 6) is 0. The van der Waals surface area contributed by atoms with E-state index >= 15 is 0 Å². The zero-order chi connectivity index (χ0) is 11.8. The van der Waals surface area contributed by atoms with Crippen molar-refractivity contribution in [2.75, 3.05) is 17.2 Å². The van der Waals surface area contributed by atoms with E-state index in [9.17, 15) is 0 Å². The number of nitrogens with two attached hydrogens (primary N) is 1. The topological polar surface area (TPSA) is 29.3 Å². The molecule has 3 rings (SSSR count). The molecule has 0 atom stereocenters. The summed E-state index contributed by atoms with van der Waals surface area (Å²) in [6.45, 7) is 1.97. The molecule has 2 aromatic rings. The molecule has 0 amide bonds. The summed E-state index contributed by atoms with van der Waals surface area (Å²) < 4.78 is 0.854. The summed E-state index contributed by atoms with van der Waals surface area (Å²) in [6, 6.07) is 10.2. The molecule has 0 unspecified atom stereocenters. The van der Waals surface area contributed by atoms with Crippen molar-refractivity contribution >= 4 is 34.3 Å². The molecular formula is C13H13ClN2S. The lowest BCUT2D eigenvalue weighted by Gasteiger charge is -2.18. The van der Waals surface area contributed by atoms with Crippen LogP contribution in [0.15, 0.2) is 30.3 Å². The highest BCUT2D eigenvalue weighted by atomic mass is 35.5. The minimum atomic E-state index is 0.854. The molecular weight excluding hydrogens is 252 g/mol. The van der Waals surface area contributed by atoms with Crippen LogP contribution in [0.2, 0.25) is 4.34 Å². The van der Waals surface area contributed by atoms with Crippen molar-refractivity contribution in [2.45, 2.75) is 13.0 Å². The number of benzene rings is 1. The van der Waals surface area contributed by atoms with E-state index in [1.54, 1.807) is 11.3 Å². The monoisotopic (exact) mass is 264 g/mol. The molecule has 17 heavy (non-hydrogen) atoms. The fourth-order valence-corrected chi connectivity index (χ4v) is 3.42. The molecule has 2 N–H and O–H groups in total. The Labute approximate surface area is 110 Å². The Morgan fingerprint density at radius 2 is 2.18 bits per heavy atom. The van der Waals surface area contributed by atoms with E-state index in [4.69, 9.17) is 17.3 Å². The van der Waals surface area contributed by atoms with E-state index in [-0.39, 0.29) is 0 Å². The Morgan fingerprint density at radius 1 is 1.29 bits per heavy atom. The third-order valence-corrected chi connectivity index (χ3v) is 4.35. The number of nitrogens with zero attached hydrogens (tertiary/aromatic N) is 1. The molecule has 0 aliphatic carbocycles. The molecule has 0 fully saturated rings. The van der Waals surface area contributed by atoms with Crippen LogP contribution >= 0.6 is 22.9 Å². The van der Waals surface area contributed by atoms with Gasteiger partial charge >= 0.3 is 0 Å². The van der Waals surface area contributed by atoms with Gasteiger partial charge in [-0.25, -0.2) is 0 Å². The average molecular weight is 265 g/mol. The Hall–Kier alpha value is -1.19. The standard InChI is InChI=1S/C13H13ClN2S/c14-13-5-4-9(17-13)8-16-7-6-10-11(15)2-1-3-12(10)16/h1-5H,6-8,15H2. The first-order chi connectivity index (χ1) is 8.24. The normalized spacial score (nSPS) is 14.1. The van der Waals surface area contributed by atoms with Gasteiger partial charge in [0.15, 0.2) is 0 Å². The first-order valence-electron chi connectivity index (χ1n) is 5.60. The molecule has 4 heteroatoms. The van der Waals surface area contributed by atoms with Crippen LogP contribution in [0.3, 0.4) is 0 Å². The van der Waals surface area contributed by atoms with Gasteiger partial charge in [0.1, 0.15) is 0 Å². The van der Waals surface area contributed by atoms with E-state index in [0.717, 1.165) is 29.5 Å². The minimum Gasteiger partial charge on any atom is -0.398 e. The smallest absolute Gasteiger partial charge is 0.0931 e. The molecule has 0 bridgehead atoms. The number of rotatable bonds is 2. The summed E-state index contributed by atoms with van der Waals surface area (Å²) in [6.07, 6.45) is 1.04. The molecule has 88 valence electrons. The SMILES string of the molecule is Nc1cccc2c1CCN2Cc1ccc(Cl)s1. The van der Waals surface area contributed by atoms with Gasteiger partial charge in [-0.1, -0.05) is 17.7 Å². The van der Waals surface area contributed by atoms with Gasteiger partial charge in [-0.15, -0.1) is 11.3 Å². The van der Waals surface area contributed by atoms with Crippen molar-refractivity contribution in [3.05, 3.63) is 45.1 Å². The third kappa shape index (κ3) is 2.01. The second kappa shape index (κ2) is 4.24. The maximum absolute atomic E-state index is 5.99. The lowest BCUT2D eigenvalue weighted by Crippen LogP contribution is -2.18. The highest BCUT2D eigenvalue weighted by Crippen LogP contribution is 2.34. The Kier molecular flexibility index (Phi) is 2.73. The van der Waals surface area contributed by atoms with Crippen LogP contribution in [0.25, 0.3) is 0 Å². The van der Waals surface area contributed by atoms with Crippen molar-refractivity contribution in [1.29, 1.82) is 0 Å². The third-order valence-electron chi connectivity index (χ3n) is 3.14. The van der Waals surface area contributed by atoms with Crippen LogP contribution in [0.4, 0.5) is 11.4 Å². The number of halogens is 1. The predicted molar refractivity (Wildman–Crippen MR) is 74.9 cm³/mol. The molecule has 1 aromatic heterocycles. The van der Waals surface area contributed by atoms with Crippen LogP contribution in [-0.4, -0.2) is 6.54 Å². The Balaban J connectivity index is 1.86. The number of hydrogen-bond acceptors (Lipinski definition) is 3. The molecule has 0 saturated heterocycles. The van der Waals surface area contributed by atoms with Gasteiger partial charge in [0.2, 0.25) is 0 Å². The van der Waals surface area contributed by atoms with Crippen LogP contribution in [0.5, 0.6) is 0 Å². The number of nitrogen functional groups attached to an aromatic ring is 1. The summed E-state index contributed by atoms with van der Waals surface area (Å²) in [7, 11) is 0. The van der Waals surface area contributed by atoms with Gasteiger partial charge in [0.05, 0.1) is 10.9 Å². The highest BCUT2D eigenvalue weighted by molar-refractivity contribution is 7.16. The lowest BCUT2D eigenvalue weighted by molar-refractivity contribution is 0.846. The van der Waals surface area contributed by atoms with Crippen molar-refractivity contribution < 1.29 is 0 Å². The van der Waals surface area contributed by atoms with Gasteiger partial charge in [-0.05, 0) is 30.7 Å². The average Bonchev–Trinajstić information content (AvgIpc) is 2.88. The van der Waals surface area contributed by atoms with Crippen LogP contribution in [0.1, 0.15) is 10.4 Å². The quantitative estimate of drug-likeness (QED) is 0.841. The molecule has 2 heterocycles. The molecule has 1 aliphatic heterocycles. The maximum Gasteiger partial charge on any atom is 0.0931 e. The molecule has 0 radical (unpaired) electrons. The number of hydrogen-bond donors (Lipinski definition) is 1. The molecule has 0 spiro atoms. The first-order valence-corrected chi connectivity index (χ1v) is 6.80. The summed E-state index contributed by atoms with van der Waals surface area (Å²) in [4.78, 5) is 3.67. The van der Waals surface area contributed by atoms with Crippen LogP contribution in [-0.2, 0) is 13.0 Å². The van der Waals surface area contributed by atoms with Gasteiger partial charge in [0, 0.05) is 28.4 Å². The van der Waals surface area contributed by atoms with E-state index in [0.29, 0.717) is 0 Å². The summed E-state index contributed by atoms with van der Waals surface area (Å²) >= 11 is 7.60. The largest absolute Gasteiger partial charge is 0.398 e. The van der Waals surface area contributed by atoms with Crippen molar-refractivity contribution in [3.63, 3.8) is 0 Å². The fourth-order valence-electron chi connectivity index (χ4n) is 2.32. The van der Waals surface area contributed by atoms with Gasteiger partial charge in [-0.3, -0.25) is 0 Å². The number of anilines is 2. The summed E-state index contributed by atoms with van der Waals surface area (Å²) in [5, 5.41) is 0. The minimum absolute atomic E-state index is 0.854. The van der Waals surface area contributed by atoms with Crippen molar-refractivity contribution in [1.82, 2.24) is 0 Å². The molecule has 1 aliphatic rings. The van der Waals surface area contributed by atoms with E-state index in [2.05, 4.69) is 17.0 Å². The van der Waals surface area contributed by atoms with Gasteiger partial charge in [-0.2, -0.15) is 0 Å². The lowest BCUT2D eigenvalue weighted by atomic mass is 10.1. The zero-order valence-electron chi connectivity index (χ0n) is 9.32. The second-order valence-electron chi connectivity index (χ2n) is 4.22. The van der Waals surface area contributed by atoms with Crippen LogP contribution < -0.4 is 10.6 Å².